The quantitative estimate of drug-likeness (QED) is 0.592. The Morgan fingerprint density at radius 1 is 1.32 bits per heavy atom. The molecule has 1 fully saturated rings. The van der Waals surface area contributed by atoms with Crippen molar-refractivity contribution in [2.75, 3.05) is 6.61 Å². The van der Waals surface area contributed by atoms with Crippen molar-refractivity contribution in [2.24, 2.45) is 11.8 Å². The van der Waals surface area contributed by atoms with Crippen molar-refractivity contribution in [1.29, 1.82) is 0 Å². The molecule has 3 aliphatic rings. The van der Waals surface area contributed by atoms with Crippen LogP contribution < -0.4 is 0 Å². The summed E-state index contributed by atoms with van der Waals surface area (Å²) < 4.78 is 5.12. The average Bonchev–Trinajstić information content (AvgIpc) is 3.14. The average molecular weight is 305 g/mol. The third-order valence-electron chi connectivity index (χ3n) is 5.13. The van der Waals surface area contributed by atoms with Crippen molar-refractivity contribution in [3.05, 3.63) is 11.3 Å². The molecule has 0 aromatic heterocycles. The number of hydrogen-bond donors (Lipinski definition) is 0. The molecule has 0 aromatic rings. The molecule has 3 unspecified atom stereocenters. The van der Waals surface area contributed by atoms with Gasteiger partial charge in [-0.2, -0.15) is 0 Å². The van der Waals surface area contributed by atoms with E-state index < -0.39 is 11.5 Å². The van der Waals surface area contributed by atoms with E-state index in [4.69, 9.17) is 4.74 Å². The lowest BCUT2D eigenvalue weighted by molar-refractivity contribution is -0.158. The van der Waals surface area contributed by atoms with Gasteiger partial charge in [-0.15, -0.1) is 0 Å². The van der Waals surface area contributed by atoms with Gasteiger partial charge in [0.2, 0.25) is 11.4 Å². The second-order valence-electron chi connectivity index (χ2n) is 6.74. The van der Waals surface area contributed by atoms with Crippen LogP contribution in [0.3, 0.4) is 0 Å². The lowest BCUT2D eigenvalue weighted by atomic mass is 9.79. The first-order valence-electron chi connectivity index (χ1n) is 8.20. The van der Waals surface area contributed by atoms with E-state index in [0.717, 1.165) is 31.4 Å². The third-order valence-corrected chi connectivity index (χ3v) is 5.13. The highest BCUT2D eigenvalue weighted by Crippen LogP contribution is 2.49. The number of Topliss-reactive ketones (excluding diaryl/α,β-unsaturated/α-hetero) is 1. The van der Waals surface area contributed by atoms with Crippen molar-refractivity contribution < 1.29 is 19.1 Å². The lowest BCUT2D eigenvalue weighted by Gasteiger charge is -2.43. The highest BCUT2D eigenvalue weighted by molar-refractivity contribution is 6.24. The molecule has 22 heavy (non-hydrogen) atoms. The van der Waals surface area contributed by atoms with E-state index >= 15 is 0 Å². The van der Waals surface area contributed by atoms with Gasteiger partial charge in [0.25, 0.3) is 0 Å². The molecule has 1 heterocycles. The zero-order valence-electron chi connectivity index (χ0n) is 13.5. The Morgan fingerprint density at radius 2 is 2.00 bits per heavy atom. The van der Waals surface area contributed by atoms with Gasteiger partial charge in [-0.1, -0.05) is 13.8 Å². The minimum absolute atomic E-state index is 0.0911. The van der Waals surface area contributed by atoms with Gasteiger partial charge >= 0.3 is 5.97 Å². The van der Waals surface area contributed by atoms with Crippen molar-refractivity contribution in [1.82, 2.24) is 4.90 Å². The van der Waals surface area contributed by atoms with Crippen LogP contribution >= 0.6 is 0 Å². The number of esters is 1. The maximum Gasteiger partial charge on any atom is 0.340 e. The molecule has 1 amide bonds. The Hall–Kier alpha value is -1.65. The van der Waals surface area contributed by atoms with Gasteiger partial charge in [-0.05, 0) is 44.1 Å². The van der Waals surface area contributed by atoms with Crippen molar-refractivity contribution in [3.63, 3.8) is 0 Å². The van der Waals surface area contributed by atoms with E-state index in [9.17, 15) is 14.4 Å². The minimum Gasteiger partial charge on any atom is -0.464 e. The number of carbonyl (C=O) groups excluding carboxylic acids is 3. The standard InChI is InChI=1S/C17H23NO4/c1-4-22-16(21)17(9-13(17)19)18-14-10(2)6-5-7-12(14)8-11(3)15(18)20/h10-11H,4-9H2,1-3H3. The summed E-state index contributed by atoms with van der Waals surface area (Å²) in [5.41, 5.74) is 0.802. The summed E-state index contributed by atoms with van der Waals surface area (Å²) in [5.74, 6) is -0.833. The molecular weight excluding hydrogens is 282 g/mol. The molecule has 0 bridgehead atoms. The smallest absolute Gasteiger partial charge is 0.340 e. The SMILES string of the molecule is CCOC(=O)C1(N2C(=O)C(C)CC3=C2C(C)CCC3)CC1=O. The largest absolute Gasteiger partial charge is 0.464 e. The van der Waals surface area contributed by atoms with Crippen LogP contribution in [0.25, 0.3) is 0 Å². The molecule has 3 atom stereocenters. The minimum atomic E-state index is -1.37. The van der Waals surface area contributed by atoms with Crippen LogP contribution in [-0.4, -0.2) is 34.7 Å². The summed E-state index contributed by atoms with van der Waals surface area (Å²) in [6.45, 7) is 5.89. The topological polar surface area (TPSA) is 63.7 Å². The Labute approximate surface area is 130 Å². The molecule has 0 N–H and O–H groups in total. The molecule has 120 valence electrons. The number of nitrogens with zero attached hydrogens (tertiary/aromatic N) is 1. The monoisotopic (exact) mass is 305 g/mol. The molecule has 0 aromatic carbocycles. The fraction of sp³-hybridized carbons (Fsp3) is 0.706. The van der Waals surface area contributed by atoms with Gasteiger partial charge in [0.05, 0.1) is 13.0 Å². The number of amides is 1. The summed E-state index contributed by atoms with van der Waals surface area (Å²) >= 11 is 0. The summed E-state index contributed by atoms with van der Waals surface area (Å²) in [7, 11) is 0. The summed E-state index contributed by atoms with van der Waals surface area (Å²) in [4.78, 5) is 38.9. The number of hydrogen-bond acceptors (Lipinski definition) is 4. The van der Waals surface area contributed by atoms with Crippen LogP contribution in [-0.2, 0) is 19.1 Å². The molecule has 3 rings (SSSR count). The van der Waals surface area contributed by atoms with Crippen LogP contribution in [0, 0.1) is 11.8 Å². The van der Waals surface area contributed by atoms with Gasteiger partial charge in [0.1, 0.15) is 0 Å². The van der Waals surface area contributed by atoms with Gasteiger partial charge in [-0.3, -0.25) is 14.5 Å². The molecule has 0 spiro atoms. The molecule has 0 saturated heterocycles. The van der Waals surface area contributed by atoms with Crippen molar-refractivity contribution >= 4 is 17.7 Å². The van der Waals surface area contributed by atoms with Crippen molar-refractivity contribution in [3.8, 4) is 0 Å². The lowest BCUT2D eigenvalue weighted by Crippen LogP contribution is -2.54. The number of carbonyl (C=O) groups is 3. The second-order valence-corrected chi connectivity index (χ2v) is 6.74. The maximum absolute atomic E-state index is 12.8. The van der Waals surface area contributed by atoms with Crippen LogP contribution in [0.2, 0.25) is 0 Å². The van der Waals surface area contributed by atoms with E-state index in [-0.39, 0.29) is 36.6 Å². The zero-order valence-corrected chi connectivity index (χ0v) is 13.5. The molecule has 2 aliphatic carbocycles. The van der Waals surface area contributed by atoms with Crippen molar-refractivity contribution in [2.45, 2.75) is 58.4 Å². The Morgan fingerprint density at radius 3 is 2.59 bits per heavy atom. The first-order chi connectivity index (χ1) is 10.4. The highest BCUT2D eigenvalue weighted by Gasteiger charge is 2.69. The van der Waals surface area contributed by atoms with Crippen LogP contribution in [0.4, 0.5) is 0 Å². The normalized spacial score (nSPS) is 34.6. The van der Waals surface area contributed by atoms with E-state index in [1.165, 1.54) is 10.5 Å². The third kappa shape index (κ3) is 2.02. The Kier molecular flexibility index (Phi) is 3.62. The Balaban J connectivity index is 2.07. The molecule has 0 radical (unpaired) electrons. The maximum atomic E-state index is 12.8. The first-order valence-corrected chi connectivity index (χ1v) is 8.20. The summed E-state index contributed by atoms with van der Waals surface area (Å²) in [5, 5.41) is 0. The molecule has 5 nitrogen and oxygen atoms in total. The van der Waals surface area contributed by atoms with Crippen LogP contribution in [0.1, 0.15) is 52.9 Å². The summed E-state index contributed by atoms with van der Waals surface area (Å²) in [6, 6.07) is 0. The molecule has 1 saturated carbocycles. The van der Waals surface area contributed by atoms with Gasteiger partial charge in [0, 0.05) is 11.6 Å². The predicted octanol–water partition coefficient (Wildman–Crippen LogP) is 2.20. The Bertz CT molecular complexity index is 579. The second kappa shape index (κ2) is 5.21. The number of ketones is 1. The van der Waals surface area contributed by atoms with Gasteiger partial charge in [0.15, 0.2) is 5.78 Å². The van der Waals surface area contributed by atoms with E-state index in [1.807, 2.05) is 6.92 Å². The predicted molar refractivity (Wildman–Crippen MR) is 79.7 cm³/mol. The number of rotatable bonds is 3. The zero-order chi connectivity index (χ0) is 16.1. The fourth-order valence-corrected chi connectivity index (χ4v) is 3.93. The molecular formula is C17H23NO4. The van der Waals surface area contributed by atoms with Gasteiger partial charge in [-0.25, -0.2) is 4.79 Å². The van der Waals surface area contributed by atoms with Crippen LogP contribution in [0.5, 0.6) is 0 Å². The van der Waals surface area contributed by atoms with E-state index in [0.29, 0.717) is 0 Å². The number of allylic oxidation sites excluding steroid dienone is 2. The van der Waals surface area contributed by atoms with Crippen LogP contribution in [0.15, 0.2) is 11.3 Å². The van der Waals surface area contributed by atoms with E-state index in [2.05, 4.69) is 6.92 Å². The number of ether oxygens (including phenoxy) is 1. The fourth-order valence-electron chi connectivity index (χ4n) is 3.93. The van der Waals surface area contributed by atoms with Gasteiger partial charge < -0.3 is 4.74 Å². The highest BCUT2D eigenvalue weighted by atomic mass is 16.5. The van der Waals surface area contributed by atoms with E-state index in [1.54, 1.807) is 6.92 Å². The summed E-state index contributed by atoms with van der Waals surface area (Å²) in [6.07, 6.45) is 3.90. The molecule has 5 heteroatoms. The molecule has 1 aliphatic heterocycles. The first kappa shape index (κ1) is 15.3.